The van der Waals surface area contributed by atoms with Crippen LogP contribution in [0.1, 0.15) is 57.2 Å². The zero-order valence-corrected chi connectivity index (χ0v) is 27.1. The number of aryl methyl sites for hydroxylation is 2. The van der Waals surface area contributed by atoms with Crippen LogP contribution in [0.3, 0.4) is 0 Å². The Morgan fingerprint density at radius 3 is 2.17 bits per heavy atom. The molecule has 0 heterocycles. The van der Waals surface area contributed by atoms with Crippen molar-refractivity contribution in [3.8, 4) is 0 Å². The maximum atomic E-state index is 14.3. The fraction of sp³-hybridized carbons (Fsp3) is 0.375. The van der Waals surface area contributed by atoms with Gasteiger partial charge >= 0.3 is 0 Å². The average Bonchev–Trinajstić information content (AvgIpc) is 2.96. The molecule has 10 heteroatoms. The molecule has 0 saturated heterocycles. The van der Waals surface area contributed by atoms with Crippen molar-refractivity contribution in [2.45, 2.75) is 77.4 Å². The third kappa shape index (κ3) is 8.06. The van der Waals surface area contributed by atoms with E-state index in [-0.39, 0.29) is 23.4 Å². The van der Waals surface area contributed by atoms with Crippen LogP contribution < -0.4 is 9.62 Å². The molecule has 42 heavy (non-hydrogen) atoms. The van der Waals surface area contributed by atoms with E-state index < -0.39 is 28.5 Å². The molecule has 2 amide bonds. The van der Waals surface area contributed by atoms with Crippen molar-refractivity contribution in [2.75, 3.05) is 10.8 Å². The minimum Gasteiger partial charge on any atom is -0.352 e. The Hall–Kier alpha value is -3.07. The number of rotatable bonds is 13. The smallest absolute Gasteiger partial charge is 0.264 e. The lowest BCUT2D eigenvalue weighted by molar-refractivity contribution is -0.140. The number of halogens is 2. The van der Waals surface area contributed by atoms with E-state index in [4.69, 9.17) is 23.2 Å². The summed E-state index contributed by atoms with van der Waals surface area (Å²) < 4.78 is 29.4. The van der Waals surface area contributed by atoms with Crippen molar-refractivity contribution >= 4 is 50.7 Å². The first kappa shape index (κ1) is 33.4. The quantitative estimate of drug-likeness (QED) is 0.225. The molecule has 1 N–H and O–H groups in total. The highest BCUT2D eigenvalue weighted by atomic mass is 35.5. The molecule has 2 atom stereocenters. The Morgan fingerprint density at radius 2 is 1.57 bits per heavy atom. The SMILES string of the molecule is CCc1ccccc1N(CC(=O)N(Cc1ccc(Cl)cc1Cl)[C@H](CC)C(=O)N[C@@H](C)CC)S(=O)(=O)c1ccc(C)cc1. The number of nitrogens with one attached hydrogen (secondary N) is 1. The number of anilines is 1. The standard InChI is InChI=1S/C32H39Cl2N3O4S/c1-6-23(5)35-32(39)29(8-3)36(20-25-15-16-26(33)19-28(25)34)31(38)21-37(30-12-10-9-11-24(30)7-2)42(40,41)27-17-13-22(4)14-18-27/h9-19,23,29H,6-8,20-21H2,1-5H3,(H,35,39)/t23-,29+/m0/s1. The zero-order valence-electron chi connectivity index (χ0n) is 24.7. The third-order valence-electron chi connectivity index (χ3n) is 7.27. The van der Waals surface area contributed by atoms with Gasteiger partial charge in [0, 0.05) is 22.6 Å². The molecule has 0 bridgehead atoms. The fourth-order valence-corrected chi connectivity index (χ4v) is 6.52. The van der Waals surface area contributed by atoms with Crippen molar-refractivity contribution in [2.24, 2.45) is 0 Å². The maximum absolute atomic E-state index is 14.3. The summed E-state index contributed by atoms with van der Waals surface area (Å²) in [6.07, 6.45) is 1.59. The highest BCUT2D eigenvalue weighted by Gasteiger charge is 2.34. The van der Waals surface area contributed by atoms with Crippen LogP contribution in [0.25, 0.3) is 0 Å². The van der Waals surface area contributed by atoms with Gasteiger partial charge in [0.25, 0.3) is 10.0 Å². The second kappa shape index (κ2) is 14.9. The number of amides is 2. The van der Waals surface area contributed by atoms with Crippen molar-refractivity contribution < 1.29 is 18.0 Å². The number of sulfonamides is 1. The number of nitrogens with zero attached hydrogens (tertiary/aromatic N) is 2. The van der Waals surface area contributed by atoms with E-state index in [1.807, 2.05) is 46.8 Å². The molecule has 3 rings (SSSR count). The van der Waals surface area contributed by atoms with Gasteiger partial charge < -0.3 is 10.2 Å². The third-order valence-corrected chi connectivity index (χ3v) is 9.63. The first-order valence-electron chi connectivity index (χ1n) is 14.1. The summed E-state index contributed by atoms with van der Waals surface area (Å²) in [5.74, 6) is -0.846. The normalized spacial score (nSPS) is 12.8. The molecule has 3 aromatic rings. The molecular weight excluding hydrogens is 593 g/mol. The van der Waals surface area contributed by atoms with Gasteiger partial charge in [-0.05, 0) is 74.6 Å². The molecule has 0 fully saturated rings. The maximum Gasteiger partial charge on any atom is 0.264 e. The van der Waals surface area contributed by atoms with Gasteiger partial charge in [0.15, 0.2) is 0 Å². The first-order chi connectivity index (χ1) is 19.9. The summed E-state index contributed by atoms with van der Waals surface area (Å²) in [6.45, 7) is 8.96. The zero-order chi connectivity index (χ0) is 31.0. The summed E-state index contributed by atoms with van der Waals surface area (Å²) in [7, 11) is -4.15. The molecular formula is C32H39Cl2N3O4S. The van der Waals surface area contributed by atoms with E-state index in [1.165, 1.54) is 17.0 Å². The van der Waals surface area contributed by atoms with Crippen LogP contribution in [0.2, 0.25) is 10.0 Å². The topological polar surface area (TPSA) is 86.8 Å². The molecule has 0 aliphatic rings. The van der Waals surface area contributed by atoms with Crippen molar-refractivity contribution in [3.05, 3.63) is 93.5 Å². The lowest BCUT2D eigenvalue weighted by Gasteiger charge is -2.34. The van der Waals surface area contributed by atoms with Gasteiger partial charge in [0.05, 0.1) is 10.6 Å². The van der Waals surface area contributed by atoms with Crippen LogP contribution in [0, 0.1) is 6.92 Å². The number of hydrogen-bond acceptors (Lipinski definition) is 4. The van der Waals surface area contributed by atoms with Gasteiger partial charge in [0.2, 0.25) is 11.8 Å². The number of para-hydroxylation sites is 1. The molecule has 0 saturated carbocycles. The van der Waals surface area contributed by atoms with Gasteiger partial charge in [-0.3, -0.25) is 13.9 Å². The van der Waals surface area contributed by atoms with Gasteiger partial charge in [0.1, 0.15) is 12.6 Å². The van der Waals surface area contributed by atoms with Gasteiger partial charge in [-0.25, -0.2) is 8.42 Å². The predicted octanol–water partition coefficient (Wildman–Crippen LogP) is 6.78. The van der Waals surface area contributed by atoms with Crippen molar-refractivity contribution in [1.82, 2.24) is 10.2 Å². The number of benzene rings is 3. The number of carbonyl (C=O) groups is 2. The Morgan fingerprint density at radius 1 is 0.905 bits per heavy atom. The van der Waals surface area contributed by atoms with Gasteiger partial charge in [-0.1, -0.05) is 85.9 Å². The van der Waals surface area contributed by atoms with Crippen molar-refractivity contribution in [3.63, 3.8) is 0 Å². The van der Waals surface area contributed by atoms with Crippen LogP contribution in [0.4, 0.5) is 5.69 Å². The lowest BCUT2D eigenvalue weighted by Crippen LogP contribution is -2.53. The summed E-state index contributed by atoms with van der Waals surface area (Å²) in [6, 6.07) is 17.6. The molecule has 0 spiro atoms. The monoisotopic (exact) mass is 631 g/mol. The van der Waals surface area contributed by atoms with E-state index >= 15 is 0 Å². The molecule has 0 unspecified atom stereocenters. The van der Waals surface area contributed by atoms with E-state index in [1.54, 1.807) is 42.5 Å². The Bertz CT molecular complexity index is 1500. The largest absolute Gasteiger partial charge is 0.352 e. The fourth-order valence-electron chi connectivity index (χ4n) is 4.60. The molecule has 226 valence electrons. The summed E-state index contributed by atoms with van der Waals surface area (Å²) >= 11 is 12.6. The van der Waals surface area contributed by atoms with Crippen LogP contribution >= 0.6 is 23.2 Å². The number of hydrogen-bond donors (Lipinski definition) is 1. The molecule has 0 radical (unpaired) electrons. The molecule has 7 nitrogen and oxygen atoms in total. The van der Waals surface area contributed by atoms with Gasteiger partial charge in [-0.2, -0.15) is 0 Å². The first-order valence-corrected chi connectivity index (χ1v) is 16.3. The predicted molar refractivity (Wildman–Crippen MR) is 171 cm³/mol. The highest BCUT2D eigenvalue weighted by Crippen LogP contribution is 2.29. The Kier molecular flexibility index (Phi) is 11.9. The minimum atomic E-state index is -4.15. The highest BCUT2D eigenvalue weighted by molar-refractivity contribution is 7.92. The van der Waals surface area contributed by atoms with Crippen LogP contribution in [-0.2, 0) is 32.6 Å². The summed E-state index contributed by atoms with van der Waals surface area (Å²) in [5.41, 5.74) is 2.69. The molecule has 3 aromatic carbocycles. The van der Waals surface area contributed by atoms with E-state index in [9.17, 15) is 18.0 Å². The molecule has 0 aromatic heterocycles. The van der Waals surface area contributed by atoms with Crippen molar-refractivity contribution in [1.29, 1.82) is 0 Å². The van der Waals surface area contributed by atoms with Crippen LogP contribution in [-0.4, -0.2) is 43.8 Å². The minimum absolute atomic E-state index is 0.00485. The van der Waals surface area contributed by atoms with Crippen LogP contribution in [0.15, 0.2) is 71.6 Å². The average molecular weight is 633 g/mol. The lowest BCUT2D eigenvalue weighted by atomic mass is 10.1. The van der Waals surface area contributed by atoms with E-state index in [0.717, 1.165) is 21.9 Å². The van der Waals surface area contributed by atoms with E-state index in [2.05, 4.69) is 5.32 Å². The van der Waals surface area contributed by atoms with E-state index in [0.29, 0.717) is 34.1 Å². The number of carbonyl (C=O) groups excluding carboxylic acids is 2. The summed E-state index contributed by atoms with van der Waals surface area (Å²) in [5, 5.41) is 3.76. The molecule has 0 aliphatic carbocycles. The second-order valence-electron chi connectivity index (χ2n) is 10.3. The Balaban J connectivity index is 2.12. The molecule has 0 aliphatic heterocycles. The Labute approximate surface area is 259 Å². The summed E-state index contributed by atoms with van der Waals surface area (Å²) in [4.78, 5) is 29.2. The van der Waals surface area contributed by atoms with Gasteiger partial charge in [-0.15, -0.1) is 0 Å². The second-order valence-corrected chi connectivity index (χ2v) is 13.0. The van der Waals surface area contributed by atoms with Crippen LogP contribution in [0.5, 0.6) is 0 Å².